The largest absolute Gasteiger partial charge is 0.481 e. The average Bonchev–Trinajstić information content (AvgIpc) is 3.22. The van der Waals surface area contributed by atoms with E-state index in [1.807, 2.05) is 29.6 Å². The SMILES string of the molecule is O=C(O)CCC(=O)N1N=C(c2ccc(Cl)cc2)C[C@H]1c1cccs1. The summed E-state index contributed by atoms with van der Waals surface area (Å²) >= 11 is 7.48. The fourth-order valence-electron chi connectivity index (χ4n) is 2.59. The second-order valence-corrected chi connectivity index (χ2v) is 6.84. The van der Waals surface area contributed by atoms with Gasteiger partial charge in [-0.2, -0.15) is 5.10 Å². The Morgan fingerprint density at radius 2 is 2.00 bits per heavy atom. The van der Waals surface area contributed by atoms with E-state index in [0.717, 1.165) is 16.2 Å². The Bertz CT molecular complexity index is 772. The van der Waals surface area contributed by atoms with Crippen LogP contribution in [0.2, 0.25) is 5.02 Å². The number of hydrogen-bond donors (Lipinski definition) is 1. The topological polar surface area (TPSA) is 70.0 Å². The van der Waals surface area contributed by atoms with Gasteiger partial charge in [0.25, 0.3) is 0 Å². The molecule has 0 fully saturated rings. The van der Waals surface area contributed by atoms with Crippen molar-refractivity contribution in [1.82, 2.24) is 5.01 Å². The lowest BCUT2D eigenvalue weighted by Crippen LogP contribution is -2.26. The summed E-state index contributed by atoms with van der Waals surface area (Å²) in [4.78, 5) is 24.2. The van der Waals surface area contributed by atoms with E-state index in [-0.39, 0.29) is 24.8 Å². The molecule has 1 aromatic heterocycles. The molecular weight excluding hydrogens is 348 g/mol. The van der Waals surface area contributed by atoms with Gasteiger partial charge in [-0.15, -0.1) is 11.3 Å². The van der Waals surface area contributed by atoms with Gasteiger partial charge < -0.3 is 5.11 Å². The number of aliphatic carboxylic acids is 1. The number of carbonyl (C=O) groups is 2. The second kappa shape index (κ2) is 7.15. The maximum atomic E-state index is 12.4. The molecule has 0 aliphatic carbocycles. The maximum absolute atomic E-state index is 12.4. The summed E-state index contributed by atoms with van der Waals surface area (Å²) < 4.78 is 0. The Morgan fingerprint density at radius 1 is 1.25 bits per heavy atom. The van der Waals surface area contributed by atoms with Crippen molar-refractivity contribution in [3.05, 3.63) is 57.2 Å². The van der Waals surface area contributed by atoms with E-state index in [1.165, 1.54) is 5.01 Å². The van der Waals surface area contributed by atoms with Gasteiger partial charge in [-0.25, -0.2) is 5.01 Å². The molecule has 0 bridgehead atoms. The van der Waals surface area contributed by atoms with Gasteiger partial charge >= 0.3 is 5.97 Å². The minimum atomic E-state index is -0.989. The Morgan fingerprint density at radius 3 is 2.62 bits per heavy atom. The first-order valence-corrected chi connectivity index (χ1v) is 8.71. The summed E-state index contributed by atoms with van der Waals surface area (Å²) in [6, 6.07) is 11.0. The molecule has 5 nitrogen and oxygen atoms in total. The van der Waals surface area contributed by atoms with E-state index in [4.69, 9.17) is 16.7 Å². The third-order valence-corrected chi connectivity index (χ3v) is 4.99. The highest BCUT2D eigenvalue weighted by Crippen LogP contribution is 2.35. The molecule has 124 valence electrons. The van der Waals surface area contributed by atoms with E-state index in [9.17, 15) is 9.59 Å². The van der Waals surface area contributed by atoms with Gasteiger partial charge in [0.05, 0.1) is 18.2 Å². The van der Waals surface area contributed by atoms with Gasteiger partial charge in [0.15, 0.2) is 0 Å². The van der Waals surface area contributed by atoms with Crippen LogP contribution in [0.1, 0.15) is 35.7 Å². The summed E-state index contributed by atoms with van der Waals surface area (Å²) in [5.74, 6) is -1.27. The number of carbonyl (C=O) groups excluding carboxylic acids is 1. The lowest BCUT2D eigenvalue weighted by Gasteiger charge is -2.20. The van der Waals surface area contributed by atoms with Crippen molar-refractivity contribution in [2.75, 3.05) is 0 Å². The summed E-state index contributed by atoms with van der Waals surface area (Å²) in [6.07, 6.45) is 0.341. The van der Waals surface area contributed by atoms with Crippen molar-refractivity contribution < 1.29 is 14.7 Å². The molecule has 1 atom stereocenters. The smallest absolute Gasteiger partial charge is 0.303 e. The zero-order valence-electron chi connectivity index (χ0n) is 12.7. The highest BCUT2D eigenvalue weighted by Gasteiger charge is 2.33. The molecule has 2 heterocycles. The molecule has 0 radical (unpaired) electrons. The van der Waals surface area contributed by atoms with Crippen molar-refractivity contribution in [3.8, 4) is 0 Å². The number of hydrogen-bond acceptors (Lipinski definition) is 4. The van der Waals surface area contributed by atoms with Crippen LogP contribution in [0.15, 0.2) is 46.9 Å². The van der Waals surface area contributed by atoms with Crippen LogP contribution in [0, 0.1) is 0 Å². The number of carboxylic acid groups (broad SMARTS) is 1. The molecule has 0 spiro atoms. The van der Waals surface area contributed by atoms with Gasteiger partial charge in [-0.05, 0) is 29.1 Å². The van der Waals surface area contributed by atoms with E-state index >= 15 is 0 Å². The van der Waals surface area contributed by atoms with E-state index < -0.39 is 5.97 Å². The van der Waals surface area contributed by atoms with Crippen molar-refractivity contribution in [1.29, 1.82) is 0 Å². The predicted octanol–water partition coefficient (Wildman–Crippen LogP) is 3.94. The zero-order chi connectivity index (χ0) is 17.1. The van der Waals surface area contributed by atoms with Gasteiger partial charge in [0, 0.05) is 22.7 Å². The third kappa shape index (κ3) is 3.66. The standard InChI is InChI=1S/C17H15ClN2O3S/c18-12-5-3-11(4-6-12)13-10-14(15-2-1-9-24-15)20(19-13)16(21)7-8-17(22)23/h1-6,9,14H,7-8,10H2,(H,22,23)/t14-/m0/s1. The van der Waals surface area contributed by atoms with Crippen LogP contribution in [0.3, 0.4) is 0 Å². The summed E-state index contributed by atoms with van der Waals surface area (Å²) in [5, 5.41) is 17.3. The number of halogens is 1. The molecule has 0 saturated heterocycles. The molecule has 0 saturated carbocycles. The van der Waals surface area contributed by atoms with Crippen LogP contribution in [-0.2, 0) is 9.59 Å². The molecular formula is C17H15ClN2O3S. The highest BCUT2D eigenvalue weighted by molar-refractivity contribution is 7.10. The molecule has 1 amide bonds. The van der Waals surface area contributed by atoms with E-state index in [0.29, 0.717) is 11.4 Å². The molecule has 7 heteroatoms. The quantitative estimate of drug-likeness (QED) is 0.875. The normalized spacial score (nSPS) is 17.0. The Balaban J connectivity index is 1.86. The molecule has 24 heavy (non-hydrogen) atoms. The Labute approximate surface area is 148 Å². The number of rotatable bonds is 5. The highest BCUT2D eigenvalue weighted by atomic mass is 35.5. The van der Waals surface area contributed by atoms with Crippen LogP contribution in [0.25, 0.3) is 0 Å². The Hall–Kier alpha value is -2.18. The molecule has 1 aliphatic heterocycles. The third-order valence-electron chi connectivity index (χ3n) is 3.77. The lowest BCUT2D eigenvalue weighted by molar-refractivity contribution is -0.141. The van der Waals surface area contributed by atoms with E-state index in [1.54, 1.807) is 23.5 Å². The molecule has 2 aromatic rings. The monoisotopic (exact) mass is 362 g/mol. The molecule has 0 unspecified atom stereocenters. The number of hydrazone groups is 1. The number of nitrogens with zero attached hydrogens (tertiary/aromatic N) is 2. The van der Waals surface area contributed by atoms with Gasteiger partial charge in [0.2, 0.25) is 5.91 Å². The summed E-state index contributed by atoms with van der Waals surface area (Å²) in [5.41, 5.74) is 1.71. The van der Waals surface area contributed by atoms with Crippen LogP contribution < -0.4 is 0 Å². The van der Waals surface area contributed by atoms with Crippen LogP contribution in [0.5, 0.6) is 0 Å². The number of carboxylic acids is 1. The maximum Gasteiger partial charge on any atom is 0.303 e. The van der Waals surface area contributed by atoms with E-state index in [2.05, 4.69) is 5.10 Å². The molecule has 3 rings (SSSR count). The van der Waals surface area contributed by atoms with Gasteiger partial charge in [0.1, 0.15) is 0 Å². The number of thiophene rings is 1. The van der Waals surface area contributed by atoms with Crippen LogP contribution in [0.4, 0.5) is 0 Å². The fraction of sp³-hybridized carbons (Fsp3) is 0.235. The molecule has 1 aromatic carbocycles. The first kappa shape index (κ1) is 16.7. The second-order valence-electron chi connectivity index (χ2n) is 5.42. The van der Waals surface area contributed by atoms with Crippen molar-refractivity contribution >= 4 is 40.5 Å². The van der Waals surface area contributed by atoms with Crippen LogP contribution in [-0.4, -0.2) is 27.7 Å². The minimum Gasteiger partial charge on any atom is -0.481 e. The van der Waals surface area contributed by atoms with Gasteiger partial charge in [-0.3, -0.25) is 9.59 Å². The lowest BCUT2D eigenvalue weighted by atomic mass is 10.0. The molecule has 1 aliphatic rings. The summed E-state index contributed by atoms with van der Waals surface area (Å²) in [6.45, 7) is 0. The van der Waals surface area contributed by atoms with Crippen molar-refractivity contribution in [3.63, 3.8) is 0 Å². The fourth-order valence-corrected chi connectivity index (χ4v) is 3.53. The first-order chi connectivity index (χ1) is 11.5. The number of amides is 1. The first-order valence-electron chi connectivity index (χ1n) is 7.45. The summed E-state index contributed by atoms with van der Waals surface area (Å²) in [7, 11) is 0. The van der Waals surface area contributed by atoms with Crippen LogP contribution >= 0.6 is 22.9 Å². The van der Waals surface area contributed by atoms with Gasteiger partial charge in [-0.1, -0.05) is 29.8 Å². The Kier molecular flexibility index (Phi) is 4.97. The average molecular weight is 363 g/mol. The van der Waals surface area contributed by atoms with Crippen molar-refractivity contribution in [2.24, 2.45) is 5.10 Å². The zero-order valence-corrected chi connectivity index (χ0v) is 14.3. The minimum absolute atomic E-state index is 0.0609. The number of benzene rings is 1. The van der Waals surface area contributed by atoms with Crippen molar-refractivity contribution in [2.45, 2.75) is 25.3 Å². The molecule has 1 N–H and O–H groups in total. The predicted molar refractivity (Wildman–Crippen MR) is 93.4 cm³/mol.